The van der Waals surface area contributed by atoms with Crippen LogP contribution in [0.25, 0.3) is 10.2 Å². The summed E-state index contributed by atoms with van der Waals surface area (Å²) in [6.07, 6.45) is 2.84. The van der Waals surface area contributed by atoms with Crippen molar-refractivity contribution in [1.82, 2.24) is 24.7 Å². The smallest absolute Gasteiger partial charge is 0.264 e. The van der Waals surface area contributed by atoms with Crippen LogP contribution in [0.4, 0.5) is 5.82 Å². The van der Waals surface area contributed by atoms with E-state index in [1.807, 2.05) is 4.90 Å². The normalized spacial score (nSPS) is 19.5. The molecule has 2 aliphatic rings. The first-order valence-electron chi connectivity index (χ1n) is 10.3. The Labute approximate surface area is 170 Å². The summed E-state index contributed by atoms with van der Waals surface area (Å²) in [4.78, 5) is 33.1. The second kappa shape index (κ2) is 8.31. The highest BCUT2D eigenvalue weighted by molar-refractivity contribution is 7.20. The molecular weight excluding hydrogens is 372 g/mol. The molecule has 2 aromatic heterocycles. The molecule has 2 fully saturated rings. The number of aryl methyl sites for hydroxylation is 1. The van der Waals surface area contributed by atoms with Crippen LogP contribution in [0.15, 0.2) is 6.33 Å². The minimum Gasteiger partial charge on any atom is -0.353 e. The number of anilines is 1. The molecule has 0 saturated carbocycles. The lowest BCUT2D eigenvalue weighted by Gasteiger charge is -2.35. The summed E-state index contributed by atoms with van der Waals surface area (Å²) in [6, 6.07) is 0. The number of likely N-dealkylation sites (N-methyl/N-ethyl adjacent to an activating group) is 1. The molecule has 0 spiro atoms. The van der Waals surface area contributed by atoms with Gasteiger partial charge in [0.15, 0.2) is 0 Å². The molecule has 28 heavy (non-hydrogen) atoms. The number of fused-ring (bicyclic) bond motifs is 1. The zero-order valence-corrected chi connectivity index (χ0v) is 18.0. The highest BCUT2D eigenvalue weighted by atomic mass is 32.1. The third-order valence-electron chi connectivity index (χ3n) is 5.90. The molecule has 0 N–H and O–H groups in total. The number of nitrogens with zero attached hydrogens (tertiary/aromatic N) is 6. The van der Waals surface area contributed by atoms with Crippen LogP contribution >= 0.6 is 11.3 Å². The predicted molar refractivity (Wildman–Crippen MR) is 114 cm³/mol. The lowest BCUT2D eigenvalue weighted by Crippen LogP contribution is -2.47. The van der Waals surface area contributed by atoms with Gasteiger partial charge in [0.1, 0.15) is 17.0 Å². The molecule has 0 unspecified atom stereocenters. The van der Waals surface area contributed by atoms with E-state index in [1.165, 1.54) is 17.8 Å². The lowest BCUT2D eigenvalue weighted by molar-refractivity contribution is 0.0668. The van der Waals surface area contributed by atoms with Gasteiger partial charge in [0.25, 0.3) is 5.91 Å². The Morgan fingerprint density at radius 3 is 2.46 bits per heavy atom. The SMILES string of the molecule is CCCN1CCN(c2ncnc3sc(C(=O)N4CCN(C)CC4)c(C)c23)CC1. The standard InChI is InChI=1S/C20H30N6OS/c1-4-5-24-8-12-25(13-9-24)18-16-15(2)17(28-19(16)22-14-21-18)20(27)26-10-6-23(3)7-11-26/h14H,4-13H2,1-3H3. The van der Waals surface area contributed by atoms with Crippen molar-refractivity contribution in [2.24, 2.45) is 0 Å². The van der Waals surface area contributed by atoms with Crippen molar-refractivity contribution >= 4 is 33.3 Å². The molecule has 4 heterocycles. The maximum Gasteiger partial charge on any atom is 0.264 e. The minimum absolute atomic E-state index is 0.146. The second-order valence-corrected chi connectivity index (χ2v) is 8.86. The summed E-state index contributed by atoms with van der Waals surface area (Å²) < 4.78 is 0. The Bertz CT molecular complexity index is 837. The van der Waals surface area contributed by atoms with E-state index in [0.717, 1.165) is 85.4 Å². The summed E-state index contributed by atoms with van der Waals surface area (Å²) in [5.41, 5.74) is 1.04. The topological polar surface area (TPSA) is 55.8 Å². The largest absolute Gasteiger partial charge is 0.353 e. The van der Waals surface area contributed by atoms with Gasteiger partial charge >= 0.3 is 0 Å². The summed E-state index contributed by atoms with van der Waals surface area (Å²) in [5.74, 6) is 1.14. The average Bonchev–Trinajstić information content (AvgIpc) is 3.06. The average molecular weight is 403 g/mol. The van der Waals surface area contributed by atoms with Crippen LogP contribution < -0.4 is 4.90 Å². The van der Waals surface area contributed by atoms with Gasteiger partial charge in [0.2, 0.25) is 0 Å². The third kappa shape index (κ3) is 3.73. The predicted octanol–water partition coefficient (Wildman–Crippen LogP) is 1.92. The molecule has 0 aliphatic carbocycles. The third-order valence-corrected chi connectivity index (χ3v) is 7.09. The van der Waals surface area contributed by atoms with Crippen LogP contribution in [-0.2, 0) is 0 Å². The highest BCUT2D eigenvalue weighted by Gasteiger charge is 2.27. The van der Waals surface area contributed by atoms with Gasteiger partial charge in [-0.05, 0) is 32.5 Å². The van der Waals surface area contributed by atoms with Crippen molar-refractivity contribution in [2.75, 3.05) is 70.9 Å². The Balaban J connectivity index is 1.59. The van der Waals surface area contributed by atoms with Gasteiger partial charge in [-0.1, -0.05) is 6.92 Å². The summed E-state index contributed by atoms with van der Waals surface area (Å²) in [5, 5.41) is 1.06. The number of rotatable bonds is 4. The Morgan fingerprint density at radius 1 is 1.07 bits per heavy atom. The summed E-state index contributed by atoms with van der Waals surface area (Å²) in [6.45, 7) is 13.0. The molecular formula is C20H30N6OS. The maximum absolute atomic E-state index is 13.1. The van der Waals surface area contributed by atoms with Crippen LogP contribution in [0.1, 0.15) is 28.6 Å². The Kier molecular flexibility index (Phi) is 5.80. The fourth-order valence-electron chi connectivity index (χ4n) is 4.15. The number of carbonyl (C=O) groups excluding carboxylic acids is 1. The molecule has 152 valence electrons. The Morgan fingerprint density at radius 2 is 1.79 bits per heavy atom. The highest BCUT2D eigenvalue weighted by Crippen LogP contribution is 2.36. The van der Waals surface area contributed by atoms with Gasteiger partial charge < -0.3 is 14.7 Å². The van der Waals surface area contributed by atoms with E-state index in [-0.39, 0.29) is 5.91 Å². The number of carbonyl (C=O) groups is 1. The van der Waals surface area contributed by atoms with Gasteiger partial charge in [-0.2, -0.15) is 0 Å². The minimum atomic E-state index is 0.146. The van der Waals surface area contributed by atoms with E-state index in [1.54, 1.807) is 6.33 Å². The van der Waals surface area contributed by atoms with E-state index >= 15 is 0 Å². The first-order valence-corrected chi connectivity index (χ1v) is 11.1. The molecule has 8 heteroatoms. The van der Waals surface area contributed by atoms with Crippen molar-refractivity contribution < 1.29 is 4.79 Å². The second-order valence-electron chi connectivity index (χ2n) is 7.86. The summed E-state index contributed by atoms with van der Waals surface area (Å²) >= 11 is 1.52. The van der Waals surface area contributed by atoms with Gasteiger partial charge in [-0.25, -0.2) is 9.97 Å². The molecule has 7 nitrogen and oxygen atoms in total. The van der Waals surface area contributed by atoms with E-state index in [9.17, 15) is 4.79 Å². The van der Waals surface area contributed by atoms with E-state index in [4.69, 9.17) is 0 Å². The molecule has 2 aromatic rings. The summed E-state index contributed by atoms with van der Waals surface area (Å²) in [7, 11) is 2.11. The number of hydrogen-bond acceptors (Lipinski definition) is 7. The van der Waals surface area contributed by atoms with Crippen molar-refractivity contribution in [3.8, 4) is 0 Å². The maximum atomic E-state index is 13.1. The number of aromatic nitrogens is 2. The quantitative estimate of drug-likeness (QED) is 0.779. The molecule has 1 amide bonds. The monoisotopic (exact) mass is 402 g/mol. The van der Waals surface area contributed by atoms with Gasteiger partial charge in [0, 0.05) is 52.4 Å². The molecule has 2 saturated heterocycles. The van der Waals surface area contributed by atoms with Crippen LogP contribution in [0, 0.1) is 6.92 Å². The lowest BCUT2D eigenvalue weighted by atomic mass is 10.1. The molecule has 0 radical (unpaired) electrons. The van der Waals surface area contributed by atoms with Crippen molar-refractivity contribution in [3.05, 3.63) is 16.8 Å². The molecule has 4 rings (SSSR count). The molecule has 0 atom stereocenters. The first-order chi connectivity index (χ1) is 13.6. The van der Waals surface area contributed by atoms with Gasteiger partial charge in [-0.3, -0.25) is 9.69 Å². The molecule has 2 aliphatic heterocycles. The number of amides is 1. The molecule has 0 bridgehead atoms. The van der Waals surface area contributed by atoms with Gasteiger partial charge in [0.05, 0.1) is 10.3 Å². The van der Waals surface area contributed by atoms with Crippen LogP contribution in [0.5, 0.6) is 0 Å². The van der Waals surface area contributed by atoms with E-state index in [0.29, 0.717) is 0 Å². The zero-order valence-electron chi connectivity index (χ0n) is 17.1. The zero-order chi connectivity index (χ0) is 19.7. The van der Waals surface area contributed by atoms with Crippen LogP contribution in [0.2, 0.25) is 0 Å². The first kappa shape index (κ1) is 19.5. The van der Waals surface area contributed by atoms with Crippen molar-refractivity contribution in [1.29, 1.82) is 0 Å². The van der Waals surface area contributed by atoms with Crippen LogP contribution in [-0.4, -0.2) is 96.5 Å². The van der Waals surface area contributed by atoms with E-state index in [2.05, 4.69) is 45.6 Å². The fraction of sp³-hybridized carbons (Fsp3) is 0.650. The van der Waals surface area contributed by atoms with Crippen molar-refractivity contribution in [3.63, 3.8) is 0 Å². The molecule has 0 aromatic carbocycles. The van der Waals surface area contributed by atoms with E-state index < -0.39 is 0 Å². The number of piperazine rings is 2. The van der Waals surface area contributed by atoms with Crippen molar-refractivity contribution in [2.45, 2.75) is 20.3 Å². The number of hydrogen-bond donors (Lipinski definition) is 0. The number of thiophene rings is 1. The fourth-order valence-corrected chi connectivity index (χ4v) is 5.26. The van der Waals surface area contributed by atoms with Crippen LogP contribution in [0.3, 0.4) is 0 Å². The Hall–Kier alpha value is -1.77. The van der Waals surface area contributed by atoms with Gasteiger partial charge in [-0.15, -0.1) is 11.3 Å².